The Hall–Kier alpha value is -2.48. The molecule has 0 aromatic carbocycles. The van der Waals surface area contributed by atoms with Crippen LogP contribution < -0.4 is 10.2 Å². The number of piperidine rings is 1. The predicted octanol–water partition coefficient (Wildman–Crippen LogP) is 0.715. The smallest absolute Gasteiger partial charge is 0.269 e. The summed E-state index contributed by atoms with van der Waals surface area (Å²) in [7, 11) is 1.69. The molecule has 1 fully saturated rings. The number of aromatic nitrogens is 3. The Bertz CT molecular complexity index is 718. The number of anilines is 1. The molecule has 1 aliphatic rings. The van der Waals surface area contributed by atoms with Crippen molar-refractivity contribution in [3.05, 3.63) is 42.1 Å². The molecule has 1 atom stereocenters. The van der Waals surface area contributed by atoms with Crippen LogP contribution in [0.5, 0.6) is 0 Å². The molecule has 128 valence electrons. The fourth-order valence-electron chi connectivity index (χ4n) is 2.94. The first-order valence-corrected chi connectivity index (χ1v) is 7.82. The van der Waals surface area contributed by atoms with Gasteiger partial charge in [-0.15, -0.1) is 0 Å². The lowest BCUT2D eigenvalue weighted by molar-refractivity contribution is 0.0253. The van der Waals surface area contributed by atoms with Gasteiger partial charge < -0.3 is 15.3 Å². The molecule has 0 bridgehead atoms. The average molecular weight is 333 g/mol. The molecule has 0 aliphatic carbocycles. The Morgan fingerprint density at radius 1 is 1.46 bits per heavy atom. The van der Waals surface area contributed by atoms with Gasteiger partial charge in [0.1, 0.15) is 17.3 Å². The minimum absolute atomic E-state index is 0.134. The lowest BCUT2D eigenvalue weighted by atomic mass is 9.92. The molecule has 1 saturated heterocycles. The second-order valence-corrected chi connectivity index (χ2v) is 6.11. The maximum Gasteiger partial charge on any atom is 0.269 e. The van der Waals surface area contributed by atoms with Gasteiger partial charge in [0.25, 0.3) is 5.91 Å². The van der Waals surface area contributed by atoms with Crippen molar-refractivity contribution in [2.45, 2.75) is 18.4 Å². The number of halogens is 1. The summed E-state index contributed by atoms with van der Waals surface area (Å²) in [5.74, 6) is -0.0533. The van der Waals surface area contributed by atoms with Crippen molar-refractivity contribution in [2.24, 2.45) is 7.05 Å². The minimum atomic E-state index is -1.05. The maximum absolute atomic E-state index is 13.0. The molecule has 1 aliphatic heterocycles. The molecule has 2 aromatic heterocycles. The van der Waals surface area contributed by atoms with E-state index in [0.717, 1.165) is 19.2 Å². The molecule has 0 radical (unpaired) electrons. The van der Waals surface area contributed by atoms with E-state index in [9.17, 15) is 14.3 Å². The van der Waals surface area contributed by atoms with Gasteiger partial charge in [-0.2, -0.15) is 5.10 Å². The number of aryl methyl sites for hydroxylation is 1. The number of carbonyl (C=O) groups is 1. The summed E-state index contributed by atoms with van der Waals surface area (Å²) < 4.78 is 14.5. The van der Waals surface area contributed by atoms with Crippen LogP contribution in [0.25, 0.3) is 0 Å². The van der Waals surface area contributed by atoms with Crippen LogP contribution in [-0.4, -0.2) is 51.0 Å². The van der Waals surface area contributed by atoms with Crippen molar-refractivity contribution in [3.63, 3.8) is 0 Å². The highest BCUT2D eigenvalue weighted by Gasteiger charge is 2.34. The van der Waals surface area contributed by atoms with Gasteiger partial charge in [-0.1, -0.05) is 0 Å². The van der Waals surface area contributed by atoms with Gasteiger partial charge in [0, 0.05) is 32.9 Å². The molecule has 0 unspecified atom stereocenters. The first kappa shape index (κ1) is 16.4. The monoisotopic (exact) mass is 333 g/mol. The zero-order chi connectivity index (χ0) is 17.2. The third-order valence-electron chi connectivity index (χ3n) is 4.22. The van der Waals surface area contributed by atoms with Gasteiger partial charge >= 0.3 is 0 Å². The Labute approximate surface area is 139 Å². The van der Waals surface area contributed by atoms with Crippen molar-refractivity contribution in [1.29, 1.82) is 0 Å². The predicted molar refractivity (Wildman–Crippen MR) is 86.1 cm³/mol. The summed E-state index contributed by atoms with van der Waals surface area (Å²) >= 11 is 0. The standard InChI is InChI=1S/C16H20FN5O2/c1-21-13(5-7-20-21)15(23)19-10-16(24)6-2-8-22(11-16)14-4-3-12(17)9-18-14/h3-5,7,9,24H,2,6,8,10-11H2,1H3,(H,19,23)/t16-/m1/s1. The maximum atomic E-state index is 13.0. The average Bonchev–Trinajstić information content (AvgIpc) is 3.00. The molecule has 2 aromatic rings. The Morgan fingerprint density at radius 2 is 2.29 bits per heavy atom. The zero-order valence-electron chi connectivity index (χ0n) is 13.4. The minimum Gasteiger partial charge on any atom is -0.386 e. The summed E-state index contributed by atoms with van der Waals surface area (Å²) in [5, 5.41) is 17.5. The van der Waals surface area contributed by atoms with Gasteiger partial charge in [0.2, 0.25) is 0 Å². The number of pyridine rings is 1. The molecule has 3 rings (SSSR count). The molecule has 1 amide bonds. The van der Waals surface area contributed by atoms with Crippen LogP contribution in [0, 0.1) is 5.82 Å². The molecule has 2 N–H and O–H groups in total. The number of carbonyl (C=O) groups excluding carboxylic acids is 1. The first-order chi connectivity index (χ1) is 11.5. The highest BCUT2D eigenvalue weighted by Crippen LogP contribution is 2.24. The number of aliphatic hydroxyl groups is 1. The second kappa shape index (κ2) is 6.56. The zero-order valence-corrected chi connectivity index (χ0v) is 13.4. The van der Waals surface area contributed by atoms with Crippen molar-refractivity contribution in [1.82, 2.24) is 20.1 Å². The van der Waals surface area contributed by atoms with E-state index < -0.39 is 11.4 Å². The van der Waals surface area contributed by atoms with E-state index in [4.69, 9.17) is 0 Å². The third kappa shape index (κ3) is 3.53. The highest BCUT2D eigenvalue weighted by atomic mass is 19.1. The quantitative estimate of drug-likeness (QED) is 0.861. The third-order valence-corrected chi connectivity index (χ3v) is 4.22. The molecule has 3 heterocycles. The van der Waals surface area contributed by atoms with Crippen molar-refractivity contribution < 1.29 is 14.3 Å². The van der Waals surface area contributed by atoms with Crippen molar-refractivity contribution in [2.75, 3.05) is 24.5 Å². The van der Waals surface area contributed by atoms with Crippen LogP contribution in [0.15, 0.2) is 30.6 Å². The highest BCUT2D eigenvalue weighted by molar-refractivity contribution is 5.92. The number of β-amino-alcohol motifs (C(OH)–C–C–N with tert-alkyl or cyclic N) is 1. The molecule has 24 heavy (non-hydrogen) atoms. The van der Waals surface area contributed by atoms with E-state index in [2.05, 4.69) is 15.4 Å². The number of nitrogens with zero attached hydrogens (tertiary/aromatic N) is 4. The van der Waals surface area contributed by atoms with Crippen LogP contribution in [-0.2, 0) is 7.05 Å². The van der Waals surface area contributed by atoms with Crippen LogP contribution in [0.2, 0.25) is 0 Å². The Balaban J connectivity index is 1.63. The fourth-order valence-corrected chi connectivity index (χ4v) is 2.94. The van der Waals surface area contributed by atoms with E-state index in [0.29, 0.717) is 24.5 Å². The van der Waals surface area contributed by atoms with Crippen LogP contribution in [0.1, 0.15) is 23.3 Å². The molecule has 0 spiro atoms. The van der Waals surface area contributed by atoms with Gasteiger partial charge in [-0.25, -0.2) is 9.37 Å². The largest absolute Gasteiger partial charge is 0.386 e. The van der Waals surface area contributed by atoms with Crippen LogP contribution in [0.4, 0.5) is 10.2 Å². The van der Waals surface area contributed by atoms with Crippen LogP contribution in [0.3, 0.4) is 0 Å². The molecule has 0 saturated carbocycles. The first-order valence-electron chi connectivity index (χ1n) is 7.82. The van der Waals surface area contributed by atoms with E-state index in [1.54, 1.807) is 25.4 Å². The Morgan fingerprint density at radius 3 is 2.96 bits per heavy atom. The summed E-state index contributed by atoms with van der Waals surface area (Å²) in [6.07, 6.45) is 4.05. The molecular formula is C16H20FN5O2. The normalized spacial score (nSPS) is 20.9. The van der Waals surface area contributed by atoms with Gasteiger partial charge in [-0.05, 0) is 31.0 Å². The second-order valence-electron chi connectivity index (χ2n) is 6.11. The number of rotatable bonds is 4. The number of hydrogen-bond acceptors (Lipinski definition) is 5. The molecular weight excluding hydrogens is 313 g/mol. The summed E-state index contributed by atoms with van der Waals surface area (Å²) in [6.45, 7) is 1.20. The number of nitrogens with one attached hydrogen (secondary N) is 1. The van der Waals surface area contributed by atoms with Gasteiger partial charge in [0.05, 0.1) is 11.8 Å². The van der Waals surface area contributed by atoms with E-state index in [-0.39, 0.29) is 12.5 Å². The van der Waals surface area contributed by atoms with Crippen molar-refractivity contribution >= 4 is 11.7 Å². The number of hydrogen-bond donors (Lipinski definition) is 2. The molecule has 7 nitrogen and oxygen atoms in total. The number of amides is 1. The van der Waals surface area contributed by atoms with Gasteiger partial charge in [0.15, 0.2) is 0 Å². The summed E-state index contributed by atoms with van der Waals surface area (Å²) in [5.41, 5.74) is -0.616. The molecule has 8 heteroatoms. The Kier molecular flexibility index (Phi) is 4.48. The lowest BCUT2D eigenvalue weighted by Crippen LogP contribution is -2.54. The van der Waals surface area contributed by atoms with E-state index in [1.165, 1.54) is 10.7 Å². The van der Waals surface area contributed by atoms with E-state index >= 15 is 0 Å². The fraction of sp³-hybridized carbons (Fsp3) is 0.438. The summed E-state index contributed by atoms with van der Waals surface area (Å²) in [4.78, 5) is 18.1. The SMILES string of the molecule is Cn1nccc1C(=O)NC[C@]1(O)CCCN(c2ccc(F)cn2)C1. The van der Waals surface area contributed by atoms with Crippen molar-refractivity contribution in [3.8, 4) is 0 Å². The van der Waals surface area contributed by atoms with Gasteiger partial charge in [-0.3, -0.25) is 9.48 Å². The van der Waals surface area contributed by atoms with E-state index in [1.807, 2.05) is 4.90 Å². The van der Waals surface area contributed by atoms with Crippen LogP contribution >= 0.6 is 0 Å². The lowest BCUT2D eigenvalue weighted by Gasteiger charge is -2.39. The topological polar surface area (TPSA) is 83.3 Å². The summed E-state index contributed by atoms with van der Waals surface area (Å²) in [6, 6.07) is 4.56.